The second-order valence-electron chi connectivity index (χ2n) is 3.49. The van der Waals surface area contributed by atoms with Crippen molar-refractivity contribution in [2.75, 3.05) is 0 Å². The third kappa shape index (κ3) is 1.71. The average molecular weight is 213 g/mol. The Kier molecular flexibility index (Phi) is 2.94. The summed E-state index contributed by atoms with van der Waals surface area (Å²) >= 11 is 0. The second-order valence-corrected chi connectivity index (χ2v) is 3.49. The van der Waals surface area contributed by atoms with E-state index in [0.29, 0.717) is 0 Å². The van der Waals surface area contributed by atoms with Gasteiger partial charge in [-0.05, 0) is 28.7 Å². The zero-order valence-corrected chi connectivity index (χ0v) is 9.08. The molecule has 2 heteroatoms. The van der Waals surface area contributed by atoms with E-state index in [-0.39, 0.29) is 0 Å². The maximum absolute atomic E-state index is 7.94. The van der Waals surface area contributed by atoms with E-state index in [0.717, 1.165) is 6.42 Å². The van der Waals surface area contributed by atoms with Crippen LogP contribution in [0.25, 0.3) is 11.1 Å². The van der Waals surface area contributed by atoms with Crippen molar-refractivity contribution >= 4 is 9.12 Å². The molecule has 0 amide bonds. The minimum Gasteiger partial charge on any atom is -0.261 e. The van der Waals surface area contributed by atoms with Crippen molar-refractivity contribution in [1.82, 2.24) is 0 Å². The Morgan fingerprint density at radius 3 is 1.60 bits per heavy atom. The highest BCUT2D eigenvalue weighted by Crippen LogP contribution is 2.35. The van der Waals surface area contributed by atoms with E-state index in [1.807, 2.05) is 0 Å². The Hall–Kier alpha value is -1.46. The van der Waals surface area contributed by atoms with E-state index in [2.05, 4.69) is 57.7 Å². The largest absolute Gasteiger partial charge is 0.261 e. The molecule has 1 aliphatic rings. The van der Waals surface area contributed by atoms with Crippen molar-refractivity contribution < 1.29 is 4.57 Å². The molecule has 0 aliphatic heterocycles. The monoisotopic (exact) mass is 213 g/mol. The number of rotatable bonds is 0. The summed E-state index contributed by atoms with van der Waals surface area (Å²) in [6, 6.07) is 17.3. The molecule has 2 aromatic carbocycles. The van der Waals surface area contributed by atoms with Gasteiger partial charge < -0.3 is 0 Å². The normalized spacial score (nSPS) is 10.9. The Bertz CT molecular complexity index is 436. The molecule has 0 N–H and O–H groups in total. The van der Waals surface area contributed by atoms with Gasteiger partial charge in [-0.25, -0.2) is 0 Å². The van der Waals surface area contributed by atoms with Crippen LogP contribution in [-0.2, 0) is 11.0 Å². The number of benzene rings is 2. The summed E-state index contributed by atoms with van der Waals surface area (Å²) in [5, 5.41) is 0. The molecular formula is C13H10OP. The molecule has 1 aliphatic carbocycles. The second kappa shape index (κ2) is 4.37. The zero-order chi connectivity index (χ0) is 10.7. The molecule has 0 saturated carbocycles. The van der Waals surface area contributed by atoms with E-state index in [4.69, 9.17) is 4.57 Å². The van der Waals surface area contributed by atoms with Crippen molar-refractivity contribution in [2.45, 2.75) is 6.42 Å². The van der Waals surface area contributed by atoms with Gasteiger partial charge in [0.05, 0.1) is 0 Å². The molecule has 0 atom stereocenters. The van der Waals surface area contributed by atoms with E-state index in [9.17, 15) is 0 Å². The van der Waals surface area contributed by atoms with E-state index >= 15 is 0 Å². The predicted octanol–water partition coefficient (Wildman–Crippen LogP) is 4.00. The lowest BCUT2D eigenvalue weighted by molar-refractivity contribution is 0.607. The van der Waals surface area contributed by atoms with Crippen LogP contribution in [0.3, 0.4) is 0 Å². The van der Waals surface area contributed by atoms with Gasteiger partial charge in [-0.1, -0.05) is 48.5 Å². The molecular weight excluding hydrogens is 203 g/mol. The lowest BCUT2D eigenvalue weighted by Crippen LogP contribution is -1.77. The average Bonchev–Trinajstić information content (AvgIpc) is 2.70. The number of hydrogen-bond donors (Lipinski definition) is 0. The molecule has 0 bridgehead atoms. The molecule has 1 radical (unpaired) electrons. The quantitative estimate of drug-likeness (QED) is 0.516. The molecule has 15 heavy (non-hydrogen) atoms. The molecule has 2 aromatic rings. The van der Waals surface area contributed by atoms with Crippen molar-refractivity contribution in [3.05, 3.63) is 59.7 Å². The molecule has 0 saturated heterocycles. The van der Waals surface area contributed by atoms with Crippen molar-refractivity contribution in [3.8, 4) is 11.1 Å². The smallest absolute Gasteiger partial charge is 0.261 e. The van der Waals surface area contributed by atoms with Crippen LogP contribution < -0.4 is 0 Å². The topological polar surface area (TPSA) is 17.1 Å². The fraction of sp³-hybridized carbons (Fsp3) is 0.0769. The van der Waals surface area contributed by atoms with Crippen LogP contribution in [-0.4, -0.2) is 0 Å². The van der Waals surface area contributed by atoms with Crippen LogP contribution in [0.4, 0.5) is 0 Å². The zero-order valence-electron chi connectivity index (χ0n) is 8.18. The minimum atomic E-state index is 1.10. The summed E-state index contributed by atoms with van der Waals surface area (Å²) in [6.45, 7) is 0. The molecule has 3 rings (SSSR count). The molecule has 0 heterocycles. The predicted molar refractivity (Wildman–Crippen MR) is 62.3 cm³/mol. The van der Waals surface area contributed by atoms with E-state index in [1.165, 1.54) is 22.3 Å². The maximum atomic E-state index is 7.94. The highest BCUT2D eigenvalue weighted by Gasteiger charge is 2.15. The lowest BCUT2D eigenvalue weighted by atomic mass is 10.1. The molecule has 1 nitrogen and oxygen atoms in total. The highest BCUT2D eigenvalue weighted by atomic mass is 31.0. The Morgan fingerprint density at radius 1 is 0.733 bits per heavy atom. The first-order chi connectivity index (χ1) is 7.45. The van der Waals surface area contributed by atoms with E-state index in [1.54, 1.807) is 0 Å². The third-order valence-corrected chi connectivity index (χ3v) is 2.71. The van der Waals surface area contributed by atoms with Crippen LogP contribution in [0.2, 0.25) is 0 Å². The summed E-state index contributed by atoms with van der Waals surface area (Å²) in [4.78, 5) is 0. The maximum Gasteiger partial charge on any atom is 0.261 e. The first-order valence-electron chi connectivity index (χ1n) is 4.79. The standard InChI is InChI=1S/C13H10.OP/c1-3-7-12-10(5-1)9-11-6-2-4-8-13(11)12;1-2/h1-8H,9H2;. The van der Waals surface area contributed by atoms with Gasteiger partial charge in [-0.2, -0.15) is 0 Å². The summed E-state index contributed by atoms with van der Waals surface area (Å²) in [7, 11) is 2.28. The fourth-order valence-electron chi connectivity index (χ4n) is 2.08. The van der Waals surface area contributed by atoms with Gasteiger partial charge in [0.15, 0.2) is 0 Å². The Balaban J connectivity index is 0.000000404. The van der Waals surface area contributed by atoms with Gasteiger partial charge in [-0.3, -0.25) is 4.57 Å². The van der Waals surface area contributed by atoms with Gasteiger partial charge in [0, 0.05) is 0 Å². The van der Waals surface area contributed by atoms with Gasteiger partial charge in [0.1, 0.15) is 0 Å². The van der Waals surface area contributed by atoms with Gasteiger partial charge in [0.25, 0.3) is 9.12 Å². The summed E-state index contributed by atoms with van der Waals surface area (Å²) in [5.74, 6) is 0. The van der Waals surface area contributed by atoms with Crippen LogP contribution in [0.1, 0.15) is 11.1 Å². The Morgan fingerprint density at radius 2 is 1.13 bits per heavy atom. The molecule has 0 spiro atoms. The van der Waals surface area contributed by atoms with Gasteiger partial charge in [-0.15, -0.1) is 0 Å². The number of fused-ring (bicyclic) bond motifs is 3. The molecule has 0 fully saturated rings. The molecule has 73 valence electrons. The van der Waals surface area contributed by atoms with E-state index < -0.39 is 0 Å². The first kappa shape index (κ1) is 10.1. The minimum absolute atomic E-state index is 1.10. The van der Waals surface area contributed by atoms with Crippen molar-refractivity contribution in [1.29, 1.82) is 0 Å². The van der Waals surface area contributed by atoms with Crippen LogP contribution in [0.5, 0.6) is 0 Å². The fourth-order valence-corrected chi connectivity index (χ4v) is 2.08. The van der Waals surface area contributed by atoms with Crippen LogP contribution >= 0.6 is 9.12 Å². The van der Waals surface area contributed by atoms with Gasteiger partial charge in [0.2, 0.25) is 0 Å². The van der Waals surface area contributed by atoms with Crippen LogP contribution in [0.15, 0.2) is 48.5 Å². The first-order valence-corrected chi connectivity index (χ1v) is 5.16. The Labute approximate surface area is 91.4 Å². The molecule has 0 aromatic heterocycles. The SMILES string of the molecule is O=[P].c1ccc2c(c1)Cc1ccccc1-2. The van der Waals surface area contributed by atoms with Gasteiger partial charge >= 0.3 is 0 Å². The highest BCUT2D eigenvalue weighted by molar-refractivity contribution is 7.00. The summed E-state index contributed by atoms with van der Waals surface area (Å²) in [6.07, 6.45) is 1.10. The third-order valence-electron chi connectivity index (χ3n) is 2.71. The summed E-state index contributed by atoms with van der Waals surface area (Å²) < 4.78 is 7.94. The molecule has 0 unspecified atom stereocenters. The lowest BCUT2D eigenvalue weighted by Gasteiger charge is -1.98. The van der Waals surface area contributed by atoms with Crippen LogP contribution in [0, 0.1) is 0 Å². The number of hydrogen-bond acceptors (Lipinski definition) is 1. The van der Waals surface area contributed by atoms with Crippen molar-refractivity contribution in [3.63, 3.8) is 0 Å². The summed E-state index contributed by atoms with van der Waals surface area (Å²) in [5.41, 5.74) is 5.75. The van der Waals surface area contributed by atoms with Crippen molar-refractivity contribution in [2.24, 2.45) is 0 Å².